The van der Waals surface area contributed by atoms with Crippen LogP contribution in [0.4, 0.5) is 5.82 Å². The van der Waals surface area contributed by atoms with Crippen molar-refractivity contribution in [3.8, 4) is 5.88 Å². The van der Waals surface area contributed by atoms with Crippen LogP contribution in [-0.4, -0.2) is 47.5 Å². The van der Waals surface area contributed by atoms with E-state index < -0.39 is 5.60 Å². The van der Waals surface area contributed by atoms with E-state index in [1.54, 1.807) is 14.0 Å². The number of hydrogen-bond donors (Lipinski definition) is 2. The fourth-order valence-corrected chi connectivity index (χ4v) is 1.58. The molecule has 19 heavy (non-hydrogen) atoms. The molecule has 0 fully saturated rings. The molecule has 1 aromatic rings. The zero-order chi connectivity index (χ0) is 14.3. The van der Waals surface area contributed by atoms with Gasteiger partial charge in [0.2, 0.25) is 5.88 Å². The second kappa shape index (κ2) is 7.25. The molecule has 108 valence electrons. The highest BCUT2D eigenvalue weighted by atomic mass is 16.5. The first kappa shape index (κ1) is 15.7. The summed E-state index contributed by atoms with van der Waals surface area (Å²) in [5.74, 6) is 1.24. The van der Waals surface area contributed by atoms with E-state index in [4.69, 9.17) is 9.47 Å². The molecule has 6 heteroatoms. The van der Waals surface area contributed by atoms with Crippen molar-refractivity contribution < 1.29 is 14.6 Å². The third-order valence-electron chi connectivity index (χ3n) is 2.80. The lowest BCUT2D eigenvalue weighted by atomic mass is 10.0. The van der Waals surface area contributed by atoms with Crippen molar-refractivity contribution >= 4 is 5.82 Å². The van der Waals surface area contributed by atoms with Crippen molar-refractivity contribution in [2.24, 2.45) is 0 Å². The molecule has 0 radical (unpaired) electrons. The smallest absolute Gasteiger partial charge is 0.221 e. The molecule has 0 aliphatic heterocycles. The van der Waals surface area contributed by atoms with Gasteiger partial charge in [-0.05, 0) is 20.8 Å². The average Bonchev–Trinajstić information content (AvgIpc) is 2.38. The monoisotopic (exact) mass is 269 g/mol. The Labute approximate surface area is 114 Å². The summed E-state index contributed by atoms with van der Waals surface area (Å²) in [5.41, 5.74) is -0.00832. The van der Waals surface area contributed by atoms with E-state index >= 15 is 0 Å². The van der Waals surface area contributed by atoms with Gasteiger partial charge < -0.3 is 19.9 Å². The lowest BCUT2D eigenvalue weighted by Crippen LogP contribution is -2.35. The third kappa shape index (κ3) is 5.00. The number of nitrogens with zero attached hydrogens (tertiary/aromatic N) is 2. The van der Waals surface area contributed by atoms with E-state index in [-0.39, 0.29) is 0 Å². The van der Waals surface area contributed by atoms with Crippen molar-refractivity contribution in [2.75, 3.05) is 32.2 Å². The van der Waals surface area contributed by atoms with E-state index in [1.165, 1.54) is 6.33 Å². The maximum atomic E-state index is 10.2. The van der Waals surface area contributed by atoms with Gasteiger partial charge in [0.25, 0.3) is 0 Å². The Hall–Kier alpha value is -1.40. The number of nitrogens with one attached hydrogen (secondary N) is 1. The molecule has 1 atom stereocenters. The van der Waals surface area contributed by atoms with Crippen LogP contribution in [0.25, 0.3) is 0 Å². The summed E-state index contributed by atoms with van der Waals surface area (Å²) < 4.78 is 10.4. The van der Waals surface area contributed by atoms with Crippen LogP contribution in [0.2, 0.25) is 0 Å². The Morgan fingerprint density at radius 3 is 2.79 bits per heavy atom. The van der Waals surface area contributed by atoms with Gasteiger partial charge in [-0.25, -0.2) is 9.97 Å². The van der Waals surface area contributed by atoms with Crippen molar-refractivity contribution in [3.05, 3.63) is 11.9 Å². The van der Waals surface area contributed by atoms with Gasteiger partial charge in [0, 0.05) is 26.7 Å². The third-order valence-corrected chi connectivity index (χ3v) is 2.80. The topological polar surface area (TPSA) is 76.5 Å². The van der Waals surface area contributed by atoms with Gasteiger partial charge in [-0.15, -0.1) is 0 Å². The van der Waals surface area contributed by atoms with Crippen LogP contribution in [0.1, 0.15) is 25.8 Å². The number of rotatable bonds is 8. The predicted molar refractivity (Wildman–Crippen MR) is 73.5 cm³/mol. The minimum atomic E-state index is -0.848. The highest BCUT2D eigenvalue weighted by Gasteiger charge is 2.20. The number of aliphatic hydroxyl groups is 1. The Balaban J connectivity index is 2.64. The zero-order valence-electron chi connectivity index (χ0n) is 12.1. The van der Waals surface area contributed by atoms with Gasteiger partial charge in [-0.2, -0.15) is 0 Å². The Bertz CT molecular complexity index is 397. The molecule has 1 unspecified atom stereocenters. The van der Waals surface area contributed by atoms with Crippen LogP contribution in [0, 0.1) is 6.92 Å². The van der Waals surface area contributed by atoms with Gasteiger partial charge in [0.15, 0.2) is 0 Å². The maximum absolute atomic E-state index is 10.2. The molecular weight excluding hydrogens is 246 g/mol. The first-order valence-electron chi connectivity index (χ1n) is 6.39. The molecule has 0 aliphatic carbocycles. The van der Waals surface area contributed by atoms with Gasteiger partial charge in [0.05, 0.1) is 17.8 Å². The fraction of sp³-hybridized carbons (Fsp3) is 0.692. The standard InChI is InChI=1S/C13H23N3O3/c1-5-19-12-10(2)11(15-9-16-12)14-8-13(3,17)6-7-18-4/h9,17H,5-8H2,1-4H3,(H,14,15,16). The minimum absolute atomic E-state index is 0.389. The maximum Gasteiger partial charge on any atom is 0.221 e. The number of hydrogen-bond acceptors (Lipinski definition) is 6. The molecule has 1 heterocycles. The number of methoxy groups -OCH3 is 1. The minimum Gasteiger partial charge on any atom is -0.478 e. The molecule has 6 nitrogen and oxygen atoms in total. The van der Waals surface area contributed by atoms with Crippen molar-refractivity contribution in [2.45, 2.75) is 32.8 Å². The molecule has 0 aliphatic rings. The zero-order valence-corrected chi connectivity index (χ0v) is 12.1. The molecule has 0 aromatic carbocycles. The predicted octanol–water partition coefficient (Wildman–Crippen LogP) is 1.38. The van der Waals surface area contributed by atoms with Crippen LogP contribution >= 0.6 is 0 Å². The Kier molecular flexibility index (Phi) is 5.98. The van der Waals surface area contributed by atoms with Gasteiger partial charge in [0.1, 0.15) is 12.1 Å². The lowest BCUT2D eigenvalue weighted by molar-refractivity contribution is 0.0357. The van der Waals surface area contributed by atoms with E-state index in [0.29, 0.717) is 37.9 Å². The summed E-state index contributed by atoms with van der Waals surface area (Å²) in [6.45, 7) is 7.02. The Morgan fingerprint density at radius 2 is 2.16 bits per heavy atom. The fourth-order valence-electron chi connectivity index (χ4n) is 1.58. The van der Waals surface area contributed by atoms with Crippen molar-refractivity contribution in [1.82, 2.24) is 9.97 Å². The summed E-state index contributed by atoms with van der Waals surface area (Å²) in [6.07, 6.45) is 2.00. The van der Waals surface area contributed by atoms with Gasteiger partial charge >= 0.3 is 0 Å². The molecule has 0 saturated carbocycles. The van der Waals surface area contributed by atoms with Crippen molar-refractivity contribution in [3.63, 3.8) is 0 Å². The molecule has 0 bridgehead atoms. The second-order valence-electron chi connectivity index (χ2n) is 4.68. The van der Waals surface area contributed by atoms with E-state index in [0.717, 1.165) is 5.56 Å². The van der Waals surface area contributed by atoms with Crippen molar-refractivity contribution in [1.29, 1.82) is 0 Å². The van der Waals surface area contributed by atoms with Crippen LogP contribution in [0.5, 0.6) is 5.88 Å². The van der Waals surface area contributed by atoms with Crippen LogP contribution in [0.3, 0.4) is 0 Å². The second-order valence-corrected chi connectivity index (χ2v) is 4.68. The van der Waals surface area contributed by atoms with E-state index in [2.05, 4.69) is 15.3 Å². The SMILES string of the molecule is CCOc1ncnc(NCC(C)(O)CCOC)c1C. The summed E-state index contributed by atoms with van der Waals surface area (Å²) in [4.78, 5) is 8.23. The van der Waals surface area contributed by atoms with Crippen LogP contribution in [-0.2, 0) is 4.74 Å². The summed E-state index contributed by atoms with van der Waals surface area (Å²) in [5, 5.41) is 13.3. The largest absolute Gasteiger partial charge is 0.478 e. The summed E-state index contributed by atoms with van der Waals surface area (Å²) in [7, 11) is 1.62. The Morgan fingerprint density at radius 1 is 1.42 bits per heavy atom. The first-order valence-corrected chi connectivity index (χ1v) is 6.39. The summed E-state index contributed by atoms with van der Waals surface area (Å²) >= 11 is 0. The molecule has 0 saturated heterocycles. The molecular formula is C13H23N3O3. The number of anilines is 1. The summed E-state index contributed by atoms with van der Waals surface area (Å²) in [6, 6.07) is 0. The van der Waals surface area contributed by atoms with Gasteiger partial charge in [-0.3, -0.25) is 0 Å². The van der Waals surface area contributed by atoms with Gasteiger partial charge in [-0.1, -0.05) is 0 Å². The molecule has 0 spiro atoms. The first-order chi connectivity index (χ1) is 9.00. The molecule has 0 amide bonds. The van der Waals surface area contributed by atoms with Crippen LogP contribution < -0.4 is 10.1 Å². The molecule has 2 N–H and O–H groups in total. The normalized spacial score (nSPS) is 13.9. The lowest BCUT2D eigenvalue weighted by Gasteiger charge is -2.24. The highest BCUT2D eigenvalue weighted by Crippen LogP contribution is 2.21. The van der Waals surface area contributed by atoms with E-state index in [9.17, 15) is 5.11 Å². The average molecular weight is 269 g/mol. The number of aromatic nitrogens is 2. The molecule has 1 aromatic heterocycles. The number of ether oxygens (including phenoxy) is 2. The molecule has 1 rings (SSSR count). The van der Waals surface area contributed by atoms with Crippen LogP contribution in [0.15, 0.2) is 6.33 Å². The van der Waals surface area contributed by atoms with E-state index in [1.807, 2.05) is 13.8 Å². The quantitative estimate of drug-likeness (QED) is 0.742. The highest BCUT2D eigenvalue weighted by molar-refractivity contribution is 5.47.